The minimum Gasteiger partial charge on any atom is -0.377 e. The van der Waals surface area contributed by atoms with Crippen molar-refractivity contribution in [2.45, 2.75) is 13.0 Å². The molecule has 86 valence electrons. The van der Waals surface area contributed by atoms with E-state index in [1.807, 2.05) is 30.3 Å². The van der Waals surface area contributed by atoms with Gasteiger partial charge in [-0.2, -0.15) is 5.11 Å². The van der Waals surface area contributed by atoms with Crippen molar-refractivity contribution >= 4 is 6.03 Å². The zero-order valence-electron chi connectivity index (χ0n) is 9.00. The van der Waals surface area contributed by atoms with Crippen molar-refractivity contribution in [1.29, 1.82) is 0 Å². The van der Waals surface area contributed by atoms with Crippen LogP contribution in [0.2, 0.25) is 0 Å². The molecule has 0 aliphatic rings. The number of nitrogens with zero attached hydrogens (tertiary/aromatic N) is 2. The molecule has 0 aromatic heterocycles. The second-order valence-electron chi connectivity index (χ2n) is 3.20. The maximum atomic E-state index is 10.2. The molecule has 1 aromatic rings. The van der Waals surface area contributed by atoms with Gasteiger partial charge in [-0.15, -0.1) is 0 Å². The van der Waals surface area contributed by atoms with Crippen LogP contribution < -0.4 is 5.73 Å². The molecule has 0 bridgehead atoms. The fourth-order valence-electron chi connectivity index (χ4n) is 1.12. The van der Waals surface area contributed by atoms with Crippen LogP contribution in [-0.4, -0.2) is 19.2 Å². The molecular weight excluding hydrogens is 206 g/mol. The van der Waals surface area contributed by atoms with Crippen LogP contribution in [0.3, 0.4) is 0 Å². The zero-order valence-corrected chi connectivity index (χ0v) is 9.00. The van der Waals surface area contributed by atoms with Gasteiger partial charge in [-0.25, -0.2) is 4.79 Å². The number of amides is 2. The van der Waals surface area contributed by atoms with Gasteiger partial charge in [0.1, 0.15) is 0 Å². The Morgan fingerprint density at radius 3 is 2.75 bits per heavy atom. The van der Waals surface area contributed by atoms with E-state index >= 15 is 0 Å². The Morgan fingerprint density at radius 2 is 2.06 bits per heavy atom. The summed E-state index contributed by atoms with van der Waals surface area (Å²) in [7, 11) is 0. The molecule has 0 spiro atoms. The number of ether oxygens (including phenoxy) is 1. The van der Waals surface area contributed by atoms with Crippen molar-refractivity contribution in [3.8, 4) is 0 Å². The highest BCUT2D eigenvalue weighted by molar-refractivity contribution is 5.71. The predicted molar refractivity (Wildman–Crippen MR) is 60.0 cm³/mol. The topological polar surface area (TPSA) is 77.0 Å². The molecule has 2 amide bonds. The highest BCUT2D eigenvalue weighted by atomic mass is 16.5. The quantitative estimate of drug-likeness (QED) is 0.590. The van der Waals surface area contributed by atoms with Crippen molar-refractivity contribution in [3.63, 3.8) is 0 Å². The molecule has 0 atom stereocenters. The molecule has 1 aromatic carbocycles. The summed E-state index contributed by atoms with van der Waals surface area (Å²) in [6.45, 7) is 1.64. The van der Waals surface area contributed by atoms with Crippen molar-refractivity contribution < 1.29 is 9.53 Å². The first-order chi connectivity index (χ1) is 7.79. The molecule has 0 aliphatic heterocycles. The number of nitrogens with two attached hydrogens (primary N) is 1. The van der Waals surface area contributed by atoms with Crippen LogP contribution >= 0.6 is 0 Å². The fraction of sp³-hybridized carbons (Fsp3) is 0.364. The molecule has 0 saturated carbocycles. The summed E-state index contributed by atoms with van der Waals surface area (Å²) < 4.78 is 5.41. The number of hydrogen-bond donors (Lipinski definition) is 1. The van der Waals surface area contributed by atoms with Gasteiger partial charge in [0.2, 0.25) is 0 Å². The van der Waals surface area contributed by atoms with E-state index in [0.29, 0.717) is 19.8 Å². The van der Waals surface area contributed by atoms with E-state index in [-0.39, 0.29) is 0 Å². The summed E-state index contributed by atoms with van der Waals surface area (Å²) in [6.07, 6.45) is 0.726. The second-order valence-corrected chi connectivity index (χ2v) is 3.20. The zero-order chi connectivity index (χ0) is 11.6. The molecule has 16 heavy (non-hydrogen) atoms. The normalized spacial score (nSPS) is 10.8. The summed E-state index contributed by atoms with van der Waals surface area (Å²) >= 11 is 0. The second kappa shape index (κ2) is 7.53. The lowest BCUT2D eigenvalue weighted by atomic mass is 10.2. The van der Waals surface area contributed by atoms with Crippen molar-refractivity contribution in [2.75, 3.05) is 13.2 Å². The summed E-state index contributed by atoms with van der Waals surface area (Å²) in [6, 6.07) is 9.16. The van der Waals surface area contributed by atoms with Gasteiger partial charge in [-0.05, 0) is 12.0 Å². The van der Waals surface area contributed by atoms with Gasteiger partial charge in [0.25, 0.3) is 0 Å². The van der Waals surface area contributed by atoms with Crippen molar-refractivity contribution in [3.05, 3.63) is 35.9 Å². The van der Waals surface area contributed by atoms with E-state index in [2.05, 4.69) is 10.2 Å². The molecular formula is C11H15N3O2. The van der Waals surface area contributed by atoms with Crippen LogP contribution in [0.4, 0.5) is 4.79 Å². The summed E-state index contributed by atoms with van der Waals surface area (Å²) in [5.41, 5.74) is 5.92. The maximum Gasteiger partial charge on any atom is 0.356 e. The highest BCUT2D eigenvalue weighted by Crippen LogP contribution is 2.00. The summed E-state index contributed by atoms with van der Waals surface area (Å²) in [4.78, 5) is 10.2. The molecule has 0 aliphatic carbocycles. The largest absolute Gasteiger partial charge is 0.377 e. The van der Waals surface area contributed by atoms with Crippen LogP contribution in [0.5, 0.6) is 0 Å². The third kappa shape index (κ3) is 5.87. The highest BCUT2D eigenvalue weighted by Gasteiger charge is 1.92. The monoisotopic (exact) mass is 221 g/mol. The molecule has 0 fully saturated rings. The lowest BCUT2D eigenvalue weighted by molar-refractivity contribution is 0.120. The van der Waals surface area contributed by atoms with Gasteiger partial charge in [-0.3, -0.25) is 0 Å². The molecule has 0 heterocycles. The first-order valence-corrected chi connectivity index (χ1v) is 5.07. The van der Waals surface area contributed by atoms with Crippen LogP contribution in [0.25, 0.3) is 0 Å². The van der Waals surface area contributed by atoms with Gasteiger partial charge < -0.3 is 10.5 Å². The number of urea groups is 1. The van der Waals surface area contributed by atoms with E-state index in [1.165, 1.54) is 0 Å². The van der Waals surface area contributed by atoms with Gasteiger partial charge in [-0.1, -0.05) is 35.4 Å². The molecule has 5 heteroatoms. The Bertz CT molecular complexity index is 338. The average Bonchev–Trinajstić information content (AvgIpc) is 2.29. The van der Waals surface area contributed by atoms with Gasteiger partial charge in [0, 0.05) is 6.61 Å². The number of carbonyl (C=O) groups is 1. The maximum absolute atomic E-state index is 10.2. The van der Waals surface area contributed by atoms with E-state index < -0.39 is 6.03 Å². The van der Waals surface area contributed by atoms with E-state index in [1.54, 1.807) is 0 Å². The van der Waals surface area contributed by atoms with Crippen LogP contribution in [0.15, 0.2) is 40.6 Å². The van der Waals surface area contributed by atoms with Gasteiger partial charge >= 0.3 is 6.03 Å². The summed E-state index contributed by atoms with van der Waals surface area (Å²) in [5, 5.41) is 6.77. The number of azo groups is 1. The molecule has 0 saturated heterocycles. The number of hydrogen-bond acceptors (Lipinski definition) is 3. The first kappa shape index (κ1) is 12.3. The Kier molecular flexibility index (Phi) is 5.80. The Balaban J connectivity index is 2.02. The Morgan fingerprint density at radius 1 is 1.31 bits per heavy atom. The third-order valence-corrected chi connectivity index (χ3v) is 1.83. The van der Waals surface area contributed by atoms with Crippen molar-refractivity contribution in [2.24, 2.45) is 16.0 Å². The lowest BCUT2D eigenvalue weighted by Crippen LogP contribution is -2.03. The smallest absolute Gasteiger partial charge is 0.356 e. The SMILES string of the molecule is NC(=O)/N=N\CCCOCc1ccccc1. The number of primary amides is 1. The number of carbonyl (C=O) groups excluding carboxylic acids is 1. The van der Waals surface area contributed by atoms with Crippen LogP contribution in [-0.2, 0) is 11.3 Å². The Hall–Kier alpha value is -1.75. The number of rotatable bonds is 6. The lowest BCUT2D eigenvalue weighted by Gasteiger charge is -2.02. The average molecular weight is 221 g/mol. The fourth-order valence-corrected chi connectivity index (χ4v) is 1.12. The number of benzene rings is 1. The Labute approximate surface area is 94.3 Å². The third-order valence-electron chi connectivity index (χ3n) is 1.83. The van der Waals surface area contributed by atoms with E-state index in [4.69, 9.17) is 10.5 Å². The minimum atomic E-state index is -0.759. The molecule has 0 radical (unpaired) electrons. The van der Waals surface area contributed by atoms with E-state index in [0.717, 1.165) is 12.0 Å². The molecule has 2 N–H and O–H groups in total. The van der Waals surface area contributed by atoms with Gasteiger partial charge in [0.05, 0.1) is 13.2 Å². The predicted octanol–water partition coefficient (Wildman–Crippen LogP) is 2.12. The van der Waals surface area contributed by atoms with Crippen LogP contribution in [0, 0.1) is 0 Å². The molecule has 1 rings (SSSR count). The van der Waals surface area contributed by atoms with Gasteiger partial charge in [0.15, 0.2) is 0 Å². The van der Waals surface area contributed by atoms with E-state index in [9.17, 15) is 4.79 Å². The van der Waals surface area contributed by atoms with Crippen molar-refractivity contribution in [1.82, 2.24) is 0 Å². The van der Waals surface area contributed by atoms with Crippen LogP contribution in [0.1, 0.15) is 12.0 Å². The minimum absolute atomic E-state index is 0.456. The standard InChI is InChI=1S/C11H15N3O2/c12-11(15)14-13-7-4-8-16-9-10-5-2-1-3-6-10/h1-3,5-6H,4,7-9H2,(H2,12,15)/b14-13-. The molecule has 5 nitrogen and oxygen atoms in total. The molecule has 0 unspecified atom stereocenters. The summed E-state index contributed by atoms with van der Waals surface area (Å²) in [5.74, 6) is 0. The first-order valence-electron chi connectivity index (χ1n) is 5.07.